The average molecular weight is 256 g/mol. The summed E-state index contributed by atoms with van der Waals surface area (Å²) in [5.74, 6) is 0.633. The average Bonchev–Trinajstić information content (AvgIpc) is 3.27. The monoisotopic (exact) mass is 256 g/mol. The lowest BCUT2D eigenvalue weighted by atomic mass is 10.1. The fourth-order valence-electron chi connectivity index (χ4n) is 1.98. The van der Waals surface area contributed by atoms with Crippen LogP contribution in [0.5, 0.6) is 5.75 Å². The van der Waals surface area contributed by atoms with Crippen molar-refractivity contribution in [2.24, 2.45) is 0 Å². The molecule has 0 spiro atoms. The Kier molecular flexibility index (Phi) is 4.59. The van der Waals surface area contributed by atoms with E-state index >= 15 is 0 Å². The highest BCUT2D eigenvalue weighted by atomic mass is 16.5. The molecule has 1 fully saturated rings. The number of ether oxygens (including phenoxy) is 1. The number of nitriles is 1. The SMILES string of the molecule is CCC(=Cc1ccc(OC)c(C#N)c1)CNC1CC1. The minimum absolute atomic E-state index is 0.585. The molecule has 100 valence electrons. The molecule has 1 aromatic carbocycles. The van der Waals surface area contributed by atoms with Crippen LogP contribution in [0, 0.1) is 11.3 Å². The van der Waals surface area contributed by atoms with Crippen LogP contribution in [0.15, 0.2) is 23.8 Å². The molecule has 0 unspecified atom stereocenters. The second kappa shape index (κ2) is 6.40. The summed E-state index contributed by atoms with van der Waals surface area (Å²) in [4.78, 5) is 0. The predicted octanol–water partition coefficient (Wildman–Crippen LogP) is 3.11. The third-order valence-corrected chi connectivity index (χ3v) is 3.36. The first-order chi connectivity index (χ1) is 9.26. The van der Waals surface area contributed by atoms with Crippen molar-refractivity contribution in [3.8, 4) is 11.8 Å². The van der Waals surface area contributed by atoms with E-state index in [1.807, 2.05) is 18.2 Å². The summed E-state index contributed by atoms with van der Waals surface area (Å²) in [6, 6.07) is 8.62. The van der Waals surface area contributed by atoms with E-state index in [0.29, 0.717) is 11.3 Å². The van der Waals surface area contributed by atoms with Gasteiger partial charge in [-0.05, 0) is 37.0 Å². The Hall–Kier alpha value is -1.79. The highest BCUT2D eigenvalue weighted by molar-refractivity contribution is 5.58. The smallest absolute Gasteiger partial charge is 0.136 e. The number of hydrogen-bond donors (Lipinski definition) is 1. The molecular formula is C16H20N2O. The molecule has 1 aliphatic carbocycles. The van der Waals surface area contributed by atoms with Crippen LogP contribution < -0.4 is 10.1 Å². The minimum Gasteiger partial charge on any atom is -0.495 e. The molecule has 0 aliphatic heterocycles. The van der Waals surface area contributed by atoms with Gasteiger partial charge in [0, 0.05) is 12.6 Å². The molecule has 0 bridgehead atoms. The minimum atomic E-state index is 0.585. The van der Waals surface area contributed by atoms with Gasteiger partial charge in [-0.2, -0.15) is 5.26 Å². The molecular weight excluding hydrogens is 236 g/mol. The molecule has 19 heavy (non-hydrogen) atoms. The number of nitrogens with zero attached hydrogens (tertiary/aromatic N) is 1. The summed E-state index contributed by atoms with van der Waals surface area (Å²) in [6.45, 7) is 3.10. The summed E-state index contributed by atoms with van der Waals surface area (Å²) in [6.07, 6.45) is 5.79. The normalized spacial score (nSPS) is 15.1. The van der Waals surface area contributed by atoms with Gasteiger partial charge in [-0.15, -0.1) is 0 Å². The van der Waals surface area contributed by atoms with Crippen LogP contribution in [0.1, 0.15) is 37.3 Å². The largest absolute Gasteiger partial charge is 0.495 e. The van der Waals surface area contributed by atoms with Gasteiger partial charge in [-0.1, -0.05) is 24.6 Å². The Bertz CT molecular complexity index is 510. The fourth-order valence-corrected chi connectivity index (χ4v) is 1.98. The molecule has 0 amide bonds. The van der Waals surface area contributed by atoms with Crippen LogP contribution in [0.25, 0.3) is 6.08 Å². The molecule has 0 heterocycles. The summed E-state index contributed by atoms with van der Waals surface area (Å²) >= 11 is 0. The summed E-state index contributed by atoms with van der Waals surface area (Å²) in [5, 5.41) is 12.6. The topological polar surface area (TPSA) is 45.0 Å². The molecule has 3 nitrogen and oxygen atoms in total. The third kappa shape index (κ3) is 3.84. The first-order valence-corrected chi connectivity index (χ1v) is 6.77. The zero-order valence-corrected chi connectivity index (χ0v) is 11.6. The van der Waals surface area contributed by atoms with Gasteiger partial charge < -0.3 is 10.1 Å². The second-order valence-corrected chi connectivity index (χ2v) is 4.88. The van der Waals surface area contributed by atoms with E-state index in [1.165, 1.54) is 18.4 Å². The fraction of sp³-hybridized carbons (Fsp3) is 0.438. The molecule has 0 aromatic heterocycles. The van der Waals surface area contributed by atoms with Crippen molar-refractivity contribution in [2.75, 3.05) is 13.7 Å². The van der Waals surface area contributed by atoms with Crippen LogP contribution in [-0.2, 0) is 0 Å². The maximum atomic E-state index is 9.09. The zero-order chi connectivity index (χ0) is 13.7. The summed E-state index contributed by atoms with van der Waals surface area (Å²) in [5.41, 5.74) is 3.01. The van der Waals surface area contributed by atoms with Gasteiger partial charge in [0.05, 0.1) is 12.7 Å². The maximum Gasteiger partial charge on any atom is 0.136 e. The van der Waals surface area contributed by atoms with E-state index in [1.54, 1.807) is 7.11 Å². The standard InChI is InChI=1S/C16H20N2O/c1-3-12(11-18-15-5-6-15)8-13-4-7-16(19-2)14(9-13)10-17/h4,7-9,15,18H,3,5-6,11H2,1-2H3. The van der Waals surface area contributed by atoms with Crippen molar-refractivity contribution >= 4 is 6.08 Å². The lowest BCUT2D eigenvalue weighted by molar-refractivity contribution is 0.413. The third-order valence-electron chi connectivity index (χ3n) is 3.36. The Morgan fingerprint density at radius 2 is 2.32 bits per heavy atom. The van der Waals surface area contributed by atoms with Gasteiger partial charge in [0.15, 0.2) is 0 Å². The van der Waals surface area contributed by atoms with Gasteiger partial charge in [0.25, 0.3) is 0 Å². The Morgan fingerprint density at radius 3 is 2.89 bits per heavy atom. The highest BCUT2D eigenvalue weighted by Gasteiger charge is 2.20. The van der Waals surface area contributed by atoms with Crippen molar-refractivity contribution in [1.29, 1.82) is 5.26 Å². The lowest BCUT2D eigenvalue weighted by Crippen LogP contribution is -2.18. The second-order valence-electron chi connectivity index (χ2n) is 4.88. The van der Waals surface area contributed by atoms with Crippen LogP contribution in [-0.4, -0.2) is 19.7 Å². The van der Waals surface area contributed by atoms with Crippen molar-refractivity contribution in [2.45, 2.75) is 32.2 Å². The Labute approximate surface area is 114 Å². The van der Waals surface area contributed by atoms with E-state index in [2.05, 4.69) is 24.4 Å². The number of rotatable bonds is 6. The van der Waals surface area contributed by atoms with Crippen LogP contribution >= 0.6 is 0 Å². The number of benzene rings is 1. The summed E-state index contributed by atoms with van der Waals surface area (Å²) in [7, 11) is 1.59. The van der Waals surface area contributed by atoms with Crippen molar-refractivity contribution in [3.05, 3.63) is 34.9 Å². The van der Waals surface area contributed by atoms with Crippen LogP contribution in [0.3, 0.4) is 0 Å². The van der Waals surface area contributed by atoms with Gasteiger partial charge >= 0.3 is 0 Å². The van der Waals surface area contributed by atoms with Crippen molar-refractivity contribution < 1.29 is 4.74 Å². The molecule has 1 aliphatic rings. The van der Waals surface area contributed by atoms with E-state index < -0.39 is 0 Å². The zero-order valence-electron chi connectivity index (χ0n) is 11.6. The van der Waals surface area contributed by atoms with Gasteiger partial charge in [-0.25, -0.2) is 0 Å². The molecule has 0 atom stereocenters. The van der Waals surface area contributed by atoms with E-state index in [-0.39, 0.29) is 0 Å². The van der Waals surface area contributed by atoms with Crippen molar-refractivity contribution in [3.63, 3.8) is 0 Å². The van der Waals surface area contributed by atoms with E-state index in [9.17, 15) is 0 Å². The van der Waals surface area contributed by atoms with Crippen LogP contribution in [0.4, 0.5) is 0 Å². The van der Waals surface area contributed by atoms with Crippen LogP contribution in [0.2, 0.25) is 0 Å². The van der Waals surface area contributed by atoms with E-state index in [4.69, 9.17) is 10.00 Å². The molecule has 1 N–H and O–H groups in total. The number of hydrogen-bond acceptors (Lipinski definition) is 3. The molecule has 1 saturated carbocycles. The Morgan fingerprint density at radius 1 is 1.53 bits per heavy atom. The molecule has 2 rings (SSSR count). The first-order valence-electron chi connectivity index (χ1n) is 6.77. The molecule has 0 saturated heterocycles. The number of methoxy groups -OCH3 is 1. The Balaban J connectivity index is 2.12. The van der Waals surface area contributed by atoms with Gasteiger partial charge in [-0.3, -0.25) is 0 Å². The molecule has 0 radical (unpaired) electrons. The highest BCUT2D eigenvalue weighted by Crippen LogP contribution is 2.22. The predicted molar refractivity (Wildman–Crippen MR) is 77.0 cm³/mol. The van der Waals surface area contributed by atoms with Crippen molar-refractivity contribution in [1.82, 2.24) is 5.32 Å². The summed E-state index contributed by atoms with van der Waals surface area (Å²) < 4.78 is 5.15. The molecule has 3 heteroatoms. The maximum absolute atomic E-state index is 9.09. The molecule has 1 aromatic rings. The van der Waals surface area contributed by atoms with Gasteiger partial charge in [0.2, 0.25) is 0 Å². The number of nitrogens with one attached hydrogen (secondary N) is 1. The van der Waals surface area contributed by atoms with E-state index in [0.717, 1.165) is 24.6 Å². The lowest BCUT2D eigenvalue weighted by Gasteiger charge is -2.07. The first kappa shape index (κ1) is 13.6. The van der Waals surface area contributed by atoms with Gasteiger partial charge in [0.1, 0.15) is 11.8 Å². The quantitative estimate of drug-likeness (QED) is 0.850.